The molecule has 0 aliphatic carbocycles. The van der Waals surface area contributed by atoms with Crippen LogP contribution in [0.1, 0.15) is 36.2 Å². The van der Waals surface area contributed by atoms with E-state index in [1.807, 2.05) is 43.5 Å². The van der Waals surface area contributed by atoms with Gasteiger partial charge < -0.3 is 14.2 Å². The van der Waals surface area contributed by atoms with E-state index >= 15 is 0 Å². The molecule has 6 heteroatoms. The van der Waals surface area contributed by atoms with E-state index in [2.05, 4.69) is 4.98 Å². The number of hydrogen-bond donors (Lipinski definition) is 0. The van der Waals surface area contributed by atoms with E-state index in [1.165, 1.54) is 11.3 Å². The Balaban J connectivity index is 1.82. The highest BCUT2D eigenvalue weighted by molar-refractivity contribution is 7.09. The summed E-state index contributed by atoms with van der Waals surface area (Å²) < 4.78 is 15.9. The largest absolute Gasteiger partial charge is 0.497 e. The molecule has 124 valence electrons. The zero-order valence-electron chi connectivity index (χ0n) is 13.6. The van der Waals surface area contributed by atoms with Gasteiger partial charge in [-0.3, -0.25) is 4.79 Å². The van der Waals surface area contributed by atoms with Crippen LogP contribution >= 0.6 is 11.3 Å². The predicted octanol–water partition coefficient (Wildman–Crippen LogP) is 3.54. The maximum absolute atomic E-state index is 11.9. The summed E-state index contributed by atoms with van der Waals surface area (Å²) in [5.41, 5.74) is 1.64. The molecule has 1 atom stereocenters. The van der Waals surface area contributed by atoms with Crippen molar-refractivity contribution in [2.75, 3.05) is 13.7 Å². The smallest absolute Gasteiger partial charge is 0.312 e. The van der Waals surface area contributed by atoms with E-state index in [4.69, 9.17) is 14.2 Å². The van der Waals surface area contributed by atoms with Gasteiger partial charge in [0.1, 0.15) is 23.5 Å². The first kappa shape index (κ1) is 17.4. The molecule has 23 heavy (non-hydrogen) atoms. The second kappa shape index (κ2) is 8.64. The molecule has 0 fully saturated rings. The zero-order chi connectivity index (χ0) is 16.7. The normalized spacial score (nSPS) is 12.0. The fraction of sp³-hybridized carbons (Fsp3) is 0.412. The number of carbonyl (C=O) groups excluding carboxylic acids is 1. The molecule has 1 heterocycles. The Morgan fingerprint density at radius 1 is 1.30 bits per heavy atom. The minimum atomic E-state index is -0.290. The minimum absolute atomic E-state index is 0.0472. The molecule has 2 aromatic rings. The van der Waals surface area contributed by atoms with Crippen molar-refractivity contribution in [1.29, 1.82) is 0 Å². The van der Waals surface area contributed by atoms with Crippen LogP contribution in [0.3, 0.4) is 0 Å². The van der Waals surface area contributed by atoms with Crippen molar-refractivity contribution in [3.63, 3.8) is 0 Å². The Labute approximate surface area is 140 Å². The molecule has 2 rings (SSSR count). The lowest BCUT2D eigenvalue weighted by atomic mass is 10.2. The molecule has 0 aliphatic rings. The second-order valence-electron chi connectivity index (χ2n) is 4.96. The predicted molar refractivity (Wildman–Crippen MR) is 88.6 cm³/mol. The first-order valence-corrected chi connectivity index (χ1v) is 8.34. The van der Waals surface area contributed by atoms with Gasteiger partial charge in [-0.15, -0.1) is 11.3 Å². The summed E-state index contributed by atoms with van der Waals surface area (Å²) in [6.07, 6.45) is 0.125. The van der Waals surface area contributed by atoms with E-state index in [9.17, 15) is 4.79 Å². The molecule has 5 nitrogen and oxygen atoms in total. The Kier molecular flexibility index (Phi) is 6.55. The van der Waals surface area contributed by atoms with Crippen LogP contribution in [-0.2, 0) is 27.3 Å². The van der Waals surface area contributed by atoms with Crippen molar-refractivity contribution >= 4 is 17.3 Å². The molecule has 0 aliphatic heterocycles. The molecule has 0 spiro atoms. The third-order valence-corrected chi connectivity index (χ3v) is 4.27. The summed E-state index contributed by atoms with van der Waals surface area (Å²) in [5.74, 6) is 0.486. The molecule has 1 aromatic carbocycles. The zero-order valence-corrected chi connectivity index (χ0v) is 14.4. The van der Waals surface area contributed by atoms with Gasteiger partial charge in [-0.2, -0.15) is 0 Å². The lowest BCUT2D eigenvalue weighted by molar-refractivity contribution is -0.144. The molecular formula is C17H21NO4S. The summed E-state index contributed by atoms with van der Waals surface area (Å²) >= 11 is 1.50. The molecular weight excluding hydrogens is 314 g/mol. The number of methoxy groups -OCH3 is 1. The van der Waals surface area contributed by atoms with Gasteiger partial charge in [0.15, 0.2) is 0 Å². The van der Waals surface area contributed by atoms with Gasteiger partial charge >= 0.3 is 5.97 Å². The van der Waals surface area contributed by atoms with E-state index < -0.39 is 0 Å². The van der Waals surface area contributed by atoms with E-state index in [0.717, 1.165) is 22.0 Å². The number of esters is 1. The van der Waals surface area contributed by atoms with Gasteiger partial charge in [0.25, 0.3) is 0 Å². The van der Waals surface area contributed by atoms with Crippen molar-refractivity contribution < 1.29 is 19.0 Å². The number of carbonyl (C=O) groups is 1. The van der Waals surface area contributed by atoms with E-state index in [-0.39, 0.29) is 25.1 Å². The number of hydrogen-bond acceptors (Lipinski definition) is 6. The van der Waals surface area contributed by atoms with Crippen LogP contribution < -0.4 is 4.74 Å². The lowest BCUT2D eigenvalue weighted by Crippen LogP contribution is -2.08. The molecule has 1 unspecified atom stereocenters. The minimum Gasteiger partial charge on any atom is -0.497 e. The topological polar surface area (TPSA) is 57.7 Å². The van der Waals surface area contributed by atoms with Crippen molar-refractivity contribution in [3.8, 4) is 5.75 Å². The molecule has 1 aromatic heterocycles. The molecule has 0 amide bonds. The quantitative estimate of drug-likeness (QED) is 0.691. The van der Waals surface area contributed by atoms with Gasteiger partial charge in [-0.25, -0.2) is 4.98 Å². The lowest BCUT2D eigenvalue weighted by Gasteiger charge is -2.07. The summed E-state index contributed by atoms with van der Waals surface area (Å²) in [6.45, 7) is 4.78. The number of thiazole rings is 1. The third-order valence-electron chi connectivity index (χ3n) is 3.22. The monoisotopic (exact) mass is 335 g/mol. The van der Waals surface area contributed by atoms with Crippen LogP contribution in [0.25, 0.3) is 0 Å². The van der Waals surface area contributed by atoms with Crippen LogP contribution in [0.4, 0.5) is 0 Å². The van der Waals surface area contributed by atoms with E-state index in [1.54, 1.807) is 7.11 Å². The summed E-state index contributed by atoms with van der Waals surface area (Å²) in [4.78, 5) is 16.3. The SMILES string of the molecule is CCOC(C)c1nc(CC(=O)OCc2ccc(OC)cc2)cs1. The van der Waals surface area contributed by atoms with Crippen LogP contribution in [0, 0.1) is 0 Å². The van der Waals surface area contributed by atoms with Crippen LogP contribution in [-0.4, -0.2) is 24.7 Å². The average molecular weight is 335 g/mol. The maximum Gasteiger partial charge on any atom is 0.312 e. The second-order valence-corrected chi connectivity index (χ2v) is 5.85. The Bertz CT molecular complexity index is 624. The van der Waals surface area contributed by atoms with Crippen molar-refractivity contribution in [2.45, 2.75) is 33.0 Å². The summed E-state index contributed by atoms with van der Waals surface area (Å²) in [7, 11) is 1.61. The maximum atomic E-state index is 11.9. The first-order valence-electron chi connectivity index (χ1n) is 7.46. The number of ether oxygens (including phenoxy) is 3. The third kappa shape index (κ3) is 5.33. The van der Waals surface area contributed by atoms with Crippen molar-refractivity contribution in [2.24, 2.45) is 0 Å². The van der Waals surface area contributed by atoms with Crippen LogP contribution in [0.15, 0.2) is 29.6 Å². The number of rotatable bonds is 8. The van der Waals surface area contributed by atoms with Crippen LogP contribution in [0.2, 0.25) is 0 Å². The number of nitrogens with zero attached hydrogens (tertiary/aromatic N) is 1. The van der Waals surface area contributed by atoms with Gasteiger partial charge in [0.05, 0.1) is 19.2 Å². The van der Waals surface area contributed by atoms with Gasteiger partial charge in [-0.05, 0) is 31.5 Å². The standard InChI is InChI=1S/C17H21NO4S/c1-4-21-12(2)17-18-14(11-23-17)9-16(19)22-10-13-5-7-15(20-3)8-6-13/h5-8,11-12H,4,9-10H2,1-3H3. The molecule has 0 saturated heterocycles. The highest BCUT2D eigenvalue weighted by atomic mass is 32.1. The van der Waals surface area contributed by atoms with Gasteiger partial charge in [0.2, 0.25) is 0 Å². The van der Waals surface area contributed by atoms with Gasteiger partial charge in [0, 0.05) is 12.0 Å². The van der Waals surface area contributed by atoms with Crippen molar-refractivity contribution in [3.05, 3.63) is 45.9 Å². The molecule has 0 saturated carbocycles. The highest BCUT2D eigenvalue weighted by Crippen LogP contribution is 2.21. The van der Waals surface area contributed by atoms with Gasteiger partial charge in [-0.1, -0.05) is 12.1 Å². The summed E-state index contributed by atoms with van der Waals surface area (Å²) in [6, 6.07) is 7.42. The Morgan fingerprint density at radius 3 is 2.70 bits per heavy atom. The molecule has 0 bridgehead atoms. The summed E-state index contributed by atoms with van der Waals surface area (Å²) in [5, 5.41) is 2.75. The highest BCUT2D eigenvalue weighted by Gasteiger charge is 2.13. The number of benzene rings is 1. The van der Waals surface area contributed by atoms with Crippen molar-refractivity contribution in [1.82, 2.24) is 4.98 Å². The Hall–Kier alpha value is -1.92. The van der Waals surface area contributed by atoms with Crippen LogP contribution in [0.5, 0.6) is 5.75 Å². The molecule has 0 N–H and O–H groups in total. The first-order chi connectivity index (χ1) is 11.1. The number of aromatic nitrogens is 1. The van der Waals surface area contributed by atoms with E-state index in [0.29, 0.717) is 6.61 Å². The molecule has 0 radical (unpaired) electrons. The fourth-order valence-corrected chi connectivity index (χ4v) is 2.82. The average Bonchev–Trinajstić information content (AvgIpc) is 3.02. The fourth-order valence-electron chi connectivity index (χ4n) is 2.00. The Morgan fingerprint density at radius 2 is 2.04 bits per heavy atom.